The first-order valence-corrected chi connectivity index (χ1v) is 13.7. The first kappa shape index (κ1) is 32.6. The van der Waals surface area contributed by atoms with Crippen molar-refractivity contribution in [1.82, 2.24) is 10.3 Å². The third-order valence-electron chi connectivity index (χ3n) is 6.01. The molecule has 7 nitrogen and oxygen atoms in total. The van der Waals surface area contributed by atoms with Crippen LogP contribution >= 0.6 is 25.3 Å². The van der Waals surface area contributed by atoms with Gasteiger partial charge in [-0.2, -0.15) is 26.7 Å². The van der Waals surface area contributed by atoms with Gasteiger partial charge in [-0.15, -0.1) is 0 Å². The van der Waals surface area contributed by atoms with Gasteiger partial charge < -0.3 is 25.4 Å². The normalized spacial score (nSPS) is 17.2. The molecule has 0 bridgehead atoms. The maximum atomic E-state index is 13.1. The summed E-state index contributed by atoms with van der Waals surface area (Å²) in [6, 6.07) is 8.89. The average Bonchev–Trinajstić information content (AvgIpc) is 3.31. The lowest BCUT2D eigenvalue weighted by Crippen LogP contribution is -2.36. The van der Waals surface area contributed by atoms with Crippen molar-refractivity contribution in [2.75, 3.05) is 36.5 Å². The smallest absolute Gasteiger partial charge is 0.417 e. The molecule has 0 radical (unpaired) electrons. The first-order chi connectivity index (χ1) is 18.1. The Morgan fingerprint density at radius 1 is 1.23 bits per heavy atom. The molecular weight excluding hydrogens is 549 g/mol. The van der Waals surface area contributed by atoms with Crippen LogP contribution in [0.25, 0.3) is 4.91 Å². The minimum atomic E-state index is -4.68. The highest BCUT2D eigenvalue weighted by molar-refractivity contribution is 8.09. The molecule has 4 rings (SSSR count). The Morgan fingerprint density at radius 3 is 2.44 bits per heavy atom. The number of carboxylic acids is 1. The highest BCUT2D eigenvalue weighted by Crippen LogP contribution is 2.41. The summed E-state index contributed by atoms with van der Waals surface area (Å²) >= 11 is 1.46. The largest absolute Gasteiger partial charge is 0.478 e. The fourth-order valence-corrected chi connectivity index (χ4v) is 5.22. The van der Waals surface area contributed by atoms with Gasteiger partial charge in [-0.1, -0.05) is 51.6 Å². The van der Waals surface area contributed by atoms with Gasteiger partial charge in [-0.25, -0.2) is 9.78 Å². The number of carboxylic acid groups (broad SMARTS) is 1. The van der Waals surface area contributed by atoms with E-state index in [1.807, 2.05) is 13.8 Å². The first-order valence-electron chi connectivity index (χ1n) is 12.8. The predicted molar refractivity (Wildman–Crippen MR) is 157 cm³/mol. The van der Waals surface area contributed by atoms with Crippen LogP contribution in [0.5, 0.6) is 0 Å². The van der Waals surface area contributed by atoms with Crippen molar-refractivity contribution in [3.8, 4) is 0 Å². The minimum Gasteiger partial charge on any atom is -0.478 e. The second kappa shape index (κ2) is 14.7. The van der Waals surface area contributed by atoms with E-state index in [-0.39, 0.29) is 19.3 Å². The van der Waals surface area contributed by atoms with Gasteiger partial charge in [0.05, 0.1) is 18.8 Å². The summed E-state index contributed by atoms with van der Waals surface area (Å²) in [5.74, 6) is -1.12. The molecule has 2 aromatic rings. The van der Waals surface area contributed by atoms with Crippen molar-refractivity contribution >= 4 is 47.6 Å². The zero-order valence-corrected chi connectivity index (χ0v) is 24.4. The lowest BCUT2D eigenvalue weighted by molar-refractivity contribution is -0.137. The molecule has 1 saturated heterocycles. The van der Waals surface area contributed by atoms with E-state index in [0.717, 1.165) is 47.8 Å². The number of nitrogens with zero attached hydrogens (tertiary/aromatic N) is 2. The van der Waals surface area contributed by atoms with Crippen molar-refractivity contribution in [1.29, 1.82) is 0 Å². The van der Waals surface area contributed by atoms with Crippen LogP contribution in [0.2, 0.25) is 0 Å². The highest BCUT2D eigenvalue weighted by atomic mass is 32.2. The van der Waals surface area contributed by atoms with Gasteiger partial charge in [0.25, 0.3) is 0 Å². The van der Waals surface area contributed by atoms with Crippen LogP contribution in [-0.2, 0) is 10.9 Å². The van der Waals surface area contributed by atoms with E-state index in [4.69, 9.17) is 4.74 Å². The van der Waals surface area contributed by atoms with Gasteiger partial charge >= 0.3 is 12.1 Å². The number of allylic oxidation sites excluding steroid dienone is 1. The maximum Gasteiger partial charge on any atom is 0.417 e. The van der Waals surface area contributed by atoms with Crippen LogP contribution in [0.15, 0.2) is 42.2 Å². The number of benzene rings is 1. The standard InChI is InChI=1S/C25H29F3N4O3S.C2H6.H2S/c1-15(2)3-8-20-21(16-4-6-18(7-5-16)32-9-11-35-12-10-32)36-24(30-20)31-22-19(23(33)34)13-17(14-29-22)25(26,27)28;1-2;/h4-7,13-15,24,30H,3,8-12H2,1-2H3,(H,29,31)(H,33,34);1-2H3;1H2. The van der Waals surface area contributed by atoms with E-state index in [2.05, 4.69) is 58.6 Å². The Morgan fingerprint density at radius 2 is 1.87 bits per heavy atom. The summed E-state index contributed by atoms with van der Waals surface area (Å²) < 4.78 is 44.6. The van der Waals surface area contributed by atoms with Crippen LogP contribution in [0.3, 0.4) is 0 Å². The zero-order valence-electron chi connectivity index (χ0n) is 22.6. The van der Waals surface area contributed by atoms with E-state index in [1.165, 1.54) is 11.8 Å². The van der Waals surface area contributed by atoms with Crippen LogP contribution in [0, 0.1) is 5.92 Å². The number of carbonyl (C=O) groups is 1. The molecule has 2 aliphatic rings. The molecular formula is C27H37F3N4O3S2. The Balaban J connectivity index is 0.00000174. The topological polar surface area (TPSA) is 86.7 Å². The lowest BCUT2D eigenvalue weighted by Gasteiger charge is -2.29. The lowest BCUT2D eigenvalue weighted by atomic mass is 10.0. The van der Waals surface area contributed by atoms with Crippen LogP contribution < -0.4 is 15.5 Å². The predicted octanol–water partition coefficient (Wildman–Crippen LogP) is 6.61. The third kappa shape index (κ3) is 8.71. The SMILES string of the molecule is CC.CC(C)CCC1=C(c2ccc(N3CCOCC3)cc2)SC(Nc2ncc(C(F)(F)F)cc2C(=O)O)N1.S. The van der Waals surface area contributed by atoms with Crippen molar-refractivity contribution in [2.45, 2.75) is 52.2 Å². The molecule has 0 saturated carbocycles. The molecule has 1 unspecified atom stereocenters. The molecule has 39 heavy (non-hydrogen) atoms. The summed E-state index contributed by atoms with van der Waals surface area (Å²) in [5.41, 5.74) is 1.04. The summed E-state index contributed by atoms with van der Waals surface area (Å²) in [4.78, 5) is 18.8. The second-order valence-corrected chi connectivity index (χ2v) is 10.2. The molecule has 1 fully saturated rings. The molecule has 1 atom stereocenters. The molecule has 1 aromatic carbocycles. The number of aromatic nitrogens is 1. The van der Waals surface area contributed by atoms with Crippen molar-refractivity contribution in [2.24, 2.45) is 5.92 Å². The Hall–Kier alpha value is -2.57. The van der Waals surface area contributed by atoms with Gasteiger partial charge in [-0.05, 0) is 42.5 Å². The summed E-state index contributed by atoms with van der Waals surface area (Å²) in [6.07, 6.45) is -2.30. The van der Waals surface area contributed by atoms with Gasteiger partial charge in [-0.3, -0.25) is 0 Å². The Labute approximate surface area is 239 Å². The van der Waals surface area contributed by atoms with Crippen LogP contribution in [-0.4, -0.2) is 47.9 Å². The van der Waals surface area contributed by atoms with E-state index in [0.29, 0.717) is 31.4 Å². The molecule has 0 aliphatic carbocycles. The molecule has 0 spiro atoms. The fraction of sp³-hybridized carbons (Fsp3) is 0.481. The van der Waals surface area contributed by atoms with E-state index >= 15 is 0 Å². The van der Waals surface area contributed by atoms with E-state index < -0.39 is 28.8 Å². The number of nitrogens with one attached hydrogen (secondary N) is 2. The molecule has 3 heterocycles. The quantitative estimate of drug-likeness (QED) is 0.319. The number of rotatable bonds is 8. The fourth-order valence-electron chi connectivity index (χ4n) is 4.04. The molecule has 12 heteroatoms. The highest BCUT2D eigenvalue weighted by Gasteiger charge is 2.33. The zero-order chi connectivity index (χ0) is 27.9. The average molecular weight is 587 g/mol. The summed E-state index contributed by atoms with van der Waals surface area (Å²) in [7, 11) is 0. The van der Waals surface area contributed by atoms with E-state index in [9.17, 15) is 23.1 Å². The van der Waals surface area contributed by atoms with Crippen molar-refractivity contribution in [3.05, 3.63) is 58.9 Å². The number of hydrogen-bond acceptors (Lipinski definition) is 7. The van der Waals surface area contributed by atoms with Gasteiger partial charge in [0, 0.05) is 35.6 Å². The minimum absolute atomic E-state index is 0. The Kier molecular flexibility index (Phi) is 12.3. The second-order valence-electron chi connectivity index (χ2n) is 9.10. The van der Waals surface area contributed by atoms with Crippen molar-refractivity contribution in [3.63, 3.8) is 0 Å². The number of alkyl halides is 3. The van der Waals surface area contributed by atoms with Crippen LogP contribution in [0.4, 0.5) is 24.7 Å². The molecule has 2 aliphatic heterocycles. The summed E-state index contributed by atoms with van der Waals surface area (Å²) in [5, 5.41) is 15.9. The number of thioether (sulfide) groups is 1. The number of morpholine rings is 1. The number of hydrogen-bond donors (Lipinski definition) is 3. The van der Waals surface area contributed by atoms with Gasteiger partial charge in [0.2, 0.25) is 0 Å². The molecule has 3 N–H and O–H groups in total. The molecule has 216 valence electrons. The van der Waals surface area contributed by atoms with Gasteiger partial charge in [0.1, 0.15) is 11.4 Å². The third-order valence-corrected chi connectivity index (χ3v) is 7.19. The number of anilines is 2. The molecule has 0 amide bonds. The maximum absolute atomic E-state index is 13.1. The number of ether oxygens (including phenoxy) is 1. The monoisotopic (exact) mass is 586 g/mol. The summed E-state index contributed by atoms with van der Waals surface area (Å²) in [6.45, 7) is 11.4. The van der Waals surface area contributed by atoms with Gasteiger partial charge in [0.15, 0.2) is 5.50 Å². The van der Waals surface area contributed by atoms with E-state index in [1.54, 1.807) is 0 Å². The number of pyridine rings is 1. The van der Waals surface area contributed by atoms with Crippen LogP contribution in [0.1, 0.15) is 62.0 Å². The molecule has 1 aromatic heterocycles. The number of aromatic carboxylic acids is 1. The van der Waals surface area contributed by atoms with Crippen molar-refractivity contribution < 1.29 is 27.8 Å². The number of halogens is 3. The Bertz CT molecular complexity index is 1120.